The summed E-state index contributed by atoms with van der Waals surface area (Å²) in [6.07, 6.45) is 2.52. The van der Waals surface area contributed by atoms with Gasteiger partial charge in [-0.05, 0) is 19.1 Å². The summed E-state index contributed by atoms with van der Waals surface area (Å²) < 4.78 is 3.03. The van der Waals surface area contributed by atoms with Crippen LogP contribution in [0.2, 0.25) is 0 Å². The Labute approximate surface area is 140 Å². The zero-order valence-corrected chi connectivity index (χ0v) is 13.5. The summed E-state index contributed by atoms with van der Waals surface area (Å²) in [6, 6.07) is 5.39. The predicted octanol–water partition coefficient (Wildman–Crippen LogP) is 0.792. The molecule has 1 aromatic carbocycles. The van der Waals surface area contributed by atoms with Gasteiger partial charge in [-0.1, -0.05) is 6.92 Å². The topological polar surface area (TPSA) is 125 Å². The van der Waals surface area contributed by atoms with Crippen LogP contribution in [0.15, 0.2) is 27.9 Å². The lowest BCUT2D eigenvalue weighted by Gasteiger charge is -2.10. The SMILES string of the molecule is CCc1nc(C)cn1-c1cc2c(cc1C#N)[nH]c(=O)c1n[nH]c(=O)n12. The lowest BCUT2D eigenvalue weighted by atomic mass is 10.1. The second-order valence-corrected chi connectivity index (χ2v) is 5.66. The molecule has 124 valence electrons. The molecule has 9 nitrogen and oxygen atoms in total. The fourth-order valence-electron chi connectivity index (χ4n) is 3.01. The van der Waals surface area contributed by atoms with Crippen molar-refractivity contribution < 1.29 is 0 Å². The molecule has 0 aliphatic heterocycles. The summed E-state index contributed by atoms with van der Waals surface area (Å²) in [5.74, 6) is 0.800. The lowest BCUT2D eigenvalue weighted by Crippen LogP contribution is -2.17. The van der Waals surface area contributed by atoms with Crippen molar-refractivity contribution >= 4 is 16.7 Å². The van der Waals surface area contributed by atoms with Crippen LogP contribution < -0.4 is 11.2 Å². The third-order valence-corrected chi connectivity index (χ3v) is 4.07. The molecule has 0 amide bonds. The van der Waals surface area contributed by atoms with Crippen LogP contribution in [0.1, 0.15) is 24.0 Å². The molecule has 0 fully saturated rings. The monoisotopic (exact) mass is 335 g/mol. The highest BCUT2D eigenvalue weighted by atomic mass is 16.2. The Kier molecular flexibility index (Phi) is 3.08. The Morgan fingerprint density at radius 1 is 1.32 bits per heavy atom. The Morgan fingerprint density at radius 2 is 2.12 bits per heavy atom. The predicted molar refractivity (Wildman–Crippen MR) is 89.9 cm³/mol. The van der Waals surface area contributed by atoms with Crippen LogP contribution >= 0.6 is 0 Å². The van der Waals surface area contributed by atoms with Gasteiger partial charge >= 0.3 is 5.69 Å². The molecule has 4 aromatic rings. The van der Waals surface area contributed by atoms with E-state index in [-0.39, 0.29) is 5.65 Å². The van der Waals surface area contributed by atoms with E-state index in [0.29, 0.717) is 28.7 Å². The van der Waals surface area contributed by atoms with Crippen molar-refractivity contribution in [3.8, 4) is 11.8 Å². The number of nitrogens with one attached hydrogen (secondary N) is 2. The first-order valence-electron chi connectivity index (χ1n) is 7.66. The van der Waals surface area contributed by atoms with E-state index >= 15 is 0 Å². The fourth-order valence-corrected chi connectivity index (χ4v) is 3.01. The molecule has 0 spiro atoms. The van der Waals surface area contributed by atoms with Gasteiger partial charge in [0.05, 0.1) is 28.0 Å². The number of H-pyrrole nitrogens is 2. The third-order valence-electron chi connectivity index (χ3n) is 4.07. The average Bonchev–Trinajstić information content (AvgIpc) is 3.17. The highest BCUT2D eigenvalue weighted by Crippen LogP contribution is 2.23. The zero-order chi connectivity index (χ0) is 17.7. The van der Waals surface area contributed by atoms with Crippen LogP contribution in [0, 0.1) is 18.3 Å². The summed E-state index contributed by atoms with van der Waals surface area (Å²) in [4.78, 5) is 31.3. The number of imidazole rings is 1. The number of hydrogen-bond donors (Lipinski definition) is 2. The first-order chi connectivity index (χ1) is 12.0. The molecule has 3 aromatic heterocycles. The van der Waals surface area contributed by atoms with E-state index in [0.717, 1.165) is 11.5 Å². The molecule has 9 heteroatoms. The number of aromatic amines is 2. The van der Waals surface area contributed by atoms with Gasteiger partial charge in [0.1, 0.15) is 11.9 Å². The Bertz CT molecular complexity index is 1300. The third kappa shape index (κ3) is 2.08. The lowest BCUT2D eigenvalue weighted by molar-refractivity contribution is 0.888. The van der Waals surface area contributed by atoms with Crippen LogP contribution in [0.3, 0.4) is 0 Å². The van der Waals surface area contributed by atoms with Crippen LogP contribution in [0.25, 0.3) is 22.4 Å². The van der Waals surface area contributed by atoms with Gasteiger partial charge in [0.25, 0.3) is 5.56 Å². The second-order valence-electron chi connectivity index (χ2n) is 5.66. The van der Waals surface area contributed by atoms with Crippen molar-refractivity contribution in [2.45, 2.75) is 20.3 Å². The highest BCUT2D eigenvalue weighted by molar-refractivity contribution is 5.82. The molecule has 2 N–H and O–H groups in total. The number of aromatic nitrogens is 6. The molecule has 0 saturated carbocycles. The van der Waals surface area contributed by atoms with Gasteiger partial charge in [-0.2, -0.15) is 5.26 Å². The minimum absolute atomic E-state index is 0.0225. The summed E-state index contributed by atoms with van der Waals surface area (Å²) >= 11 is 0. The van der Waals surface area contributed by atoms with Crippen LogP contribution in [-0.4, -0.2) is 29.1 Å². The van der Waals surface area contributed by atoms with Gasteiger partial charge in [-0.15, -0.1) is 5.10 Å². The van der Waals surface area contributed by atoms with E-state index in [1.54, 1.807) is 12.1 Å². The van der Waals surface area contributed by atoms with Gasteiger partial charge in [0.15, 0.2) is 0 Å². The number of aryl methyl sites for hydroxylation is 2. The van der Waals surface area contributed by atoms with E-state index in [1.807, 2.05) is 24.6 Å². The number of hydrogen-bond acceptors (Lipinski definition) is 5. The van der Waals surface area contributed by atoms with Crippen LogP contribution in [-0.2, 0) is 6.42 Å². The number of rotatable bonds is 2. The quantitative estimate of drug-likeness (QED) is 0.560. The maximum Gasteiger partial charge on any atom is 0.348 e. The van der Waals surface area contributed by atoms with Crippen molar-refractivity contribution in [3.63, 3.8) is 0 Å². The highest BCUT2D eigenvalue weighted by Gasteiger charge is 2.16. The Balaban J connectivity index is 2.19. The van der Waals surface area contributed by atoms with Crippen molar-refractivity contribution in [1.82, 2.24) is 29.1 Å². The smallest absolute Gasteiger partial charge is 0.317 e. The van der Waals surface area contributed by atoms with Gasteiger partial charge < -0.3 is 9.55 Å². The molecule has 0 unspecified atom stereocenters. The number of fused-ring (bicyclic) bond motifs is 3. The molecule has 4 rings (SSSR count). The molecule has 0 atom stereocenters. The molecule has 0 bridgehead atoms. The minimum atomic E-state index is -0.515. The Hall–Kier alpha value is -3.67. The Morgan fingerprint density at radius 3 is 2.84 bits per heavy atom. The van der Waals surface area contributed by atoms with Crippen LogP contribution in [0.4, 0.5) is 0 Å². The number of nitriles is 1. The molecule has 0 aliphatic rings. The molecule has 0 aliphatic carbocycles. The van der Waals surface area contributed by atoms with E-state index in [1.165, 1.54) is 4.40 Å². The summed E-state index contributed by atoms with van der Waals surface area (Å²) in [6.45, 7) is 3.85. The molecular formula is C16H13N7O2. The van der Waals surface area contributed by atoms with Crippen molar-refractivity contribution in [2.75, 3.05) is 0 Å². The summed E-state index contributed by atoms with van der Waals surface area (Å²) in [5.41, 5.74) is 1.58. The van der Waals surface area contributed by atoms with E-state index < -0.39 is 11.2 Å². The van der Waals surface area contributed by atoms with Gasteiger partial charge in [-0.25, -0.2) is 19.3 Å². The maximum atomic E-state index is 12.1. The van der Waals surface area contributed by atoms with Gasteiger partial charge in [0, 0.05) is 12.6 Å². The number of nitrogens with zero attached hydrogens (tertiary/aromatic N) is 5. The average molecular weight is 335 g/mol. The minimum Gasteiger partial charge on any atom is -0.317 e. The fraction of sp³-hybridized carbons (Fsp3) is 0.188. The van der Waals surface area contributed by atoms with Gasteiger partial charge in [0.2, 0.25) is 5.65 Å². The first-order valence-corrected chi connectivity index (χ1v) is 7.66. The largest absolute Gasteiger partial charge is 0.348 e. The normalized spacial score (nSPS) is 11.2. The summed E-state index contributed by atoms with van der Waals surface area (Å²) in [5, 5.41) is 15.6. The second kappa shape index (κ2) is 5.17. The number of benzene rings is 1. The molecule has 25 heavy (non-hydrogen) atoms. The van der Waals surface area contributed by atoms with Crippen molar-refractivity contribution in [3.05, 3.63) is 56.2 Å². The first kappa shape index (κ1) is 14.9. The van der Waals surface area contributed by atoms with E-state index in [4.69, 9.17) is 0 Å². The van der Waals surface area contributed by atoms with Crippen LogP contribution in [0.5, 0.6) is 0 Å². The van der Waals surface area contributed by atoms with E-state index in [2.05, 4.69) is 26.2 Å². The zero-order valence-electron chi connectivity index (χ0n) is 13.5. The van der Waals surface area contributed by atoms with E-state index in [9.17, 15) is 14.9 Å². The summed E-state index contributed by atoms with van der Waals surface area (Å²) in [7, 11) is 0. The van der Waals surface area contributed by atoms with Crippen molar-refractivity contribution in [1.29, 1.82) is 5.26 Å². The molecule has 0 saturated heterocycles. The molecular weight excluding hydrogens is 322 g/mol. The maximum absolute atomic E-state index is 12.1. The molecule has 3 heterocycles. The van der Waals surface area contributed by atoms with Gasteiger partial charge in [-0.3, -0.25) is 4.79 Å². The molecule has 0 radical (unpaired) electrons. The van der Waals surface area contributed by atoms with Crippen molar-refractivity contribution in [2.24, 2.45) is 0 Å². The standard InChI is InChI=1S/C16H13N7O2/c1-3-13-18-8(2)7-22(13)11-5-12-10(4-9(11)6-17)19-15(24)14-20-21-16(25)23(12)14/h4-5,7H,3H2,1-2H3,(H,19,24)(H,21,25).